The largest absolute Gasteiger partial charge is 0.434 e. The second-order valence-electron chi connectivity index (χ2n) is 5.82. The Balaban J connectivity index is 2.13. The normalized spacial score (nSPS) is 21.2. The lowest BCUT2D eigenvalue weighted by Gasteiger charge is -2.33. The minimum atomic E-state index is -4.54. The van der Waals surface area contributed by atoms with Crippen molar-refractivity contribution in [2.75, 3.05) is 18.4 Å². The minimum absolute atomic E-state index is 0.0927. The van der Waals surface area contributed by atoms with Crippen LogP contribution in [0.15, 0.2) is 5.38 Å². The molecule has 0 bridgehead atoms. The van der Waals surface area contributed by atoms with Gasteiger partial charge >= 0.3 is 6.18 Å². The van der Waals surface area contributed by atoms with Gasteiger partial charge in [-0.2, -0.15) is 13.2 Å². The summed E-state index contributed by atoms with van der Waals surface area (Å²) in [6.07, 6.45) is -5.02. The maximum atomic E-state index is 13.5. The van der Waals surface area contributed by atoms with Gasteiger partial charge < -0.3 is 5.32 Å². The van der Waals surface area contributed by atoms with Crippen LogP contribution in [0.3, 0.4) is 0 Å². The van der Waals surface area contributed by atoms with Gasteiger partial charge in [0.1, 0.15) is 6.17 Å². The van der Waals surface area contributed by atoms with Gasteiger partial charge in [-0.05, 0) is 32.6 Å². The molecule has 0 radical (unpaired) electrons. The fourth-order valence-corrected chi connectivity index (χ4v) is 5.55. The van der Waals surface area contributed by atoms with Gasteiger partial charge in [0.25, 0.3) is 0 Å². The number of halogens is 4. The van der Waals surface area contributed by atoms with E-state index in [-0.39, 0.29) is 11.7 Å². The van der Waals surface area contributed by atoms with Gasteiger partial charge in [-0.1, -0.05) is 0 Å². The molecule has 2 heterocycles. The number of thiazole rings is 1. The molecule has 10 heteroatoms. The number of carbonyl (C=O) groups excluding carboxylic acids is 1. The molecule has 136 valence electrons. The van der Waals surface area contributed by atoms with E-state index in [1.54, 1.807) is 20.8 Å². The highest BCUT2D eigenvalue weighted by atomic mass is 32.2. The van der Waals surface area contributed by atoms with E-state index >= 15 is 0 Å². The fraction of sp³-hybridized carbons (Fsp3) is 0.643. The van der Waals surface area contributed by atoms with Crippen LogP contribution in [0.1, 0.15) is 32.9 Å². The van der Waals surface area contributed by atoms with Crippen molar-refractivity contribution in [3.05, 3.63) is 11.1 Å². The molecule has 2 rings (SSSR count). The third kappa shape index (κ3) is 4.15. The number of nitrogens with one attached hydrogen (secondary N) is 1. The van der Waals surface area contributed by atoms with Crippen molar-refractivity contribution in [1.82, 2.24) is 9.29 Å². The minimum Gasteiger partial charge on any atom is -0.301 e. The van der Waals surface area contributed by atoms with Gasteiger partial charge in [0.05, 0.1) is 4.75 Å². The first-order chi connectivity index (χ1) is 11.1. The van der Waals surface area contributed by atoms with Crippen LogP contribution in [0.4, 0.5) is 22.7 Å². The Bertz CT molecular complexity index is 642. The van der Waals surface area contributed by atoms with Crippen LogP contribution in [-0.4, -0.2) is 44.6 Å². The number of hydrogen-bond donors (Lipinski definition) is 1. The first-order valence-corrected chi connectivity index (χ1v) is 9.44. The molecule has 2 unspecified atom stereocenters. The molecule has 1 aliphatic rings. The lowest BCUT2D eigenvalue weighted by molar-refractivity contribution is -0.140. The Morgan fingerprint density at radius 2 is 2.17 bits per heavy atom. The van der Waals surface area contributed by atoms with Crippen molar-refractivity contribution in [3.8, 4) is 0 Å². The molecular formula is C14H19F4N3OS2. The van der Waals surface area contributed by atoms with Crippen LogP contribution in [0.2, 0.25) is 0 Å². The summed E-state index contributed by atoms with van der Waals surface area (Å²) in [7, 11) is -0.641. The van der Waals surface area contributed by atoms with Crippen LogP contribution in [0.25, 0.3) is 0 Å². The van der Waals surface area contributed by atoms with Crippen LogP contribution >= 0.6 is 22.0 Å². The molecular weight excluding hydrogens is 366 g/mol. The van der Waals surface area contributed by atoms with E-state index in [1.165, 1.54) is 0 Å². The van der Waals surface area contributed by atoms with Crippen LogP contribution in [0.5, 0.6) is 0 Å². The first-order valence-electron chi connectivity index (χ1n) is 7.31. The van der Waals surface area contributed by atoms with E-state index in [0.717, 1.165) is 16.7 Å². The van der Waals surface area contributed by atoms with Crippen LogP contribution < -0.4 is 5.32 Å². The summed E-state index contributed by atoms with van der Waals surface area (Å²) in [5.74, 6) is -0.436. The predicted molar refractivity (Wildman–Crippen MR) is 90.2 cm³/mol. The highest BCUT2D eigenvalue weighted by Gasteiger charge is 2.38. The molecule has 1 fully saturated rings. The number of anilines is 1. The monoisotopic (exact) mass is 385 g/mol. The van der Waals surface area contributed by atoms with Crippen LogP contribution in [0, 0.1) is 0 Å². The Hall–Kier alpha value is -1.00. The molecule has 0 aliphatic carbocycles. The molecule has 1 aromatic heterocycles. The topological polar surface area (TPSA) is 45.2 Å². The summed E-state index contributed by atoms with van der Waals surface area (Å²) in [6, 6.07) is 0. The predicted octanol–water partition coefficient (Wildman–Crippen LogP) is 3.93. The van der Waals surface area contributed by atoms with Gasteiger partial charge in [0, 0.05) is 18.5 Å². The van der Waals surface area contributed by atoms with Crippen molar-refractivity contribution in [1.29, 1.82) is 0 Å². The number of carbonyl (C=O) groups is 1. The molecule has 1 amide bonds. The van der Waals surface area contributed by atoms with Gasteiger partial charge in [0.15, 0.2) is 10.8 Å². The van der Waals surface area contributed by atoms with Gasteiger partial charge in [0.2, 0.25) is 5.91 Å². The molecule has 1 N–H and O–H groups in total. The Morgan fingerprint density at radius 1 is 1.50 bits per heavy atom. The maximum absolute atomic E-state index is 13.5. The molecule has 1 aliphatic heterocycles. The average molecular weight is 385 g/mol. The zero-order chi connectivity index (χ0) is 18.1. The van der Waals surface area contributed by atoms with Gasteiger partial charge in [-0.15, -0.1) is 22.0 Å². The quantitative estimate of drug-likeness (QED) is 0.631. The van der Waals surface area contributed by atoms with Gasteiger partial charge in [-0.3, -0.25) is 9.10 Å². The molecule has 1 saturated heterocycles. The number of rotatable bonds is 4. The van der Waals surface area contributed by atoms with Crippen molar-refractivity contribution in [2.24, 2.45) is 0 Å². The summed E-state index contributed by atoms with van der Waals surface area (Å²) in [5, 5.41) is 5.08. The fourth-order valence-electron chi connectivity index (χ4n) is 2.44. The standard InChI is InChI=1S/C14H19F4N3OS2/c1-4-24(21-6-5-9(15)7-21)13(2,3)11(22)20-12-19-10(8-23-12)14(16,17)18/h4,8-9H,5-7H2,1-3H3,(H,19,20,22). The van der Waals surface area contributed by atoms with Crippen LogP contribution in [-0.2, 0) is 11.0 Å². The van der Waals surface area contributed by atoms with Gasteiger partial charge in [-0.25, -0.2) is 9.37 Å². The number of hydrogen-bond acceptors (Lipinski definition) is 4. The average Bonchev–Trinajstić information content (AvgIpc) is 3.08. The first kappa shape index (κ1) is 19.3. The van der Waals surface area contributed by atoms with E-state index in [2.05, 4.69) is 10.3 Å². The smallest absolute Gasteiger partial charge is 0.301 e. The summed E-state index contributed by atoms with van der Waals surface area (Å²) < 4.78 is 52.2. The van der Waals surface area contributed by atoms with E-state index in [9.17, 15) is 22.4 Å². The number of alkyl halides is 4. The molecule has 0 aromatic carbocycles. The van der Waals surface area contributed by atoms with Crippen molar-refractivity contribution in [3.63, 3.8) is 0 Å². The number of aromatic nitrogens is 1. The van der Waals surface area contributed by atoms with E-state index in [0.29, 0.717) is 13.0 Å². The Labute approximate surface area is 144 Å². The molecule has 0 spiro atoms. The molecule has 1 aromatic rings. The van der Waals surface area contributed by atoms with E-state index in [4.69, 9.17) is 0 Å². The van der Waals surface area contributed by atoms with Crippen molar-refractivity contribution >= 4 is 38.4 Å². The summed E-state index contributed by atoms with van der Waals surface area (Å²) in [6.45, 7) is 6.03. The van der Waals surface area contributed by atoms with E-state index < -0.39 is 39.4 Å². The van der Waals surface area contributed by atoms with Crippen molar-refractivity contribution in [2.45, 2.75) is 44.3 Å². The second-order valence-corrected chi connectivity index (χ2v) is 9.32. The zero-order valence-electron chi connectivity index (χ0n) is 13.5. The second kappa shape index (κ2) is 7.09. The maximum Gasteiger partial charge on any atom is 0.434 e. The summed E-state index contributed by atoms with van der Waals surface area (Å²) in [5.41, 5.74) is -1.03. The Kier molecular flexibility index (Phi) is 5.71. The van der Waals surface area contributed by atoms with Crippen molar-refractivity contribution < 1.29 is 22.4 Å². The summed E-state index contributed by atoms with van der Waals surface area (Å²) in [4.78, 5) is 16.0. The third-order valence-corrected chi connectivity index (χ3v) is 7.00. The highest BCUT2D eigenvalue weighted by molar-refractivity contribution is 8.14. The highest BCUT2D eigenvalue weighted by Crippen LogP contribution is 2.39. The summed E-state index contributed by atoms with van der Waals surface area (Å²) >= 11 is 0.729. The lowest BCUT2D eigenvalue weighted by atomic mass is 10.2. The van der Waals surface area contributed by atoms with E-state index in [1.807, 2.05) is 9.67 Å². The molecule has 0 saturated carbocycles. The number of nitrogens with zero attached hydrogens (tertiary/aromatic N) is 2. The zero-order valence-corrected chi connectivity index (χ0v) is 15.1. The lowest BCUT2D eigenvalue weighted by Crippen LogP contribution is -2.40. The third-order valence-electron chi connectivity index (χ3n) is 3.68. The SMILES string of the molecule is CC=S(N1CCC(F)C1)C(C)(C)C(=O)Nc1nc(C(F)(F)F)cs1. The Morgan fingerprint density at radius 3 is 2.62 bits per heavy atom. The number of amides is 1. The molecule has 2 atom stereocenters. The molecule has 4 nitrogen and oxygen atoms in total. The molecule has 24 heavy (non-hydrogen) atoms.